The van der Waals surface area contributed by atoms with E-state index in [1.807, 2.05) is 24.3 Å². The van der Waals surface area contributed by atoms with Crippen molar-refractivity contribution in [3.05, 3.63) is 97.2 Å². The number of rotatable bonds is 39. The van der Waals surface area contributed by atoms with E-state index < -0.39 is 57.7 Å². The fraction of sp³-hybridized carbons (Fsp3) is 0.587. The zero-order chi connectivity index (χ0) is 43.5. The number of aliphatic hydroxyl groups excluding tert-OH is 1. The molecule has 0 rings (SSSR count). The Morgan fingerprint density at radius 3 is 1.41 bits per heavy atom. The molecule has 0 amide bonds. The Morgan fingerprint density at radius 1 is 0.559 bits per heavy atom. The van der Waals surface area contributed by atoms with Crippen LogP contribution in [0.25, 0.3) is 0 Å². The number of carbonyl (C=O) groups is 3. The molecule has 12 nitrogen and oxygen atoms in total. The maximum absolute atomic E-state index is 12.6. The lowest BCUT2D eigenvalue weighted by atomic mass is 10.2. The van der Waals surface area contributed by atoms with E-state index >= 15 is 0 Å². The number of allylic oxidation sites excluding steroid dienone is 16. The van der Waals surface area contributed by atoms with Crippen LogP contribution in [0.4, 0.5) is 0 Å². The molecule has 0 fully saturated rings. The van der Waals surface area contributed by atoms with Gasteiger partial charge in [0.25, 0.3) is 0 Å². The van der Waals surface area contributed by atoms with Crippen molar-refractivity contribution in [1.29, 1.82) is 0 Å². The Kier molecular flexibility index (Phi) is 38.6. The largest absolute Gasteiger partial charge is 0.480 e. The Morgan fingerprint density at radius 2 is 0.966 bits per heavy atom. The van der Waals surface area contributed by atoms with Gasteiger partial charge in [-0.1, -0.05) is 123 Å². The van der Waals surface area contributed by atoms with Crippen LogP contribution in [0, 0.1) is 0 Å². The summed E-state index contributed by atoms with van der Waals surface area (Å²) in [4.78, 5) is 45.9. The highest BCUT2D eigenvalue weighted by Crippen LogP contribution is 2.43. The van der Waals surface area contributed by atoms with Crippen LogP contribution < -0.4 is 5.73 Å². The molecule has 0 saturated heterocycles. The van der Waals surface area contributed by atoms with E-state index in [1.165, 1.54) is 19.3 Å². The van der Waals surface area contributed by atoms with Gasteiger partial charge in [-0.2, -0.15) is 0 Å². The summed E-state index contributed by atoms with van der Waals surface area (Å²) in [6, 6.07) is -1.55. The molecule has 334 valence electrons. The van der Waals surface area contributed by atoms with Gasteiger partial charge in [-0.15, -0.1) is 0 Å². The SMILES string of the molecule is CCCCC/C=C\C/C=C\C/C=C\C/C=C\CCCC(=O)OC[C@H](COP(=O)(O)OC[C@H](N)C(=O)O)OC(=O)CCC/C=C\C/C=C\C/C=C\C/C=C\CCCCCO. The van der Waals surface area contributed by atoms with Crippen molar-refractivity contribution in [2.24, 2.45) is 5.73 Å². The molecule has 0 saturated carbocycles. The quantitative estimate of drug-likeness (QED) is 0.0198. The van der Waals surface area contributed by atoms with Crippen molar-refractivity contribution >= 4 is 25.7 Å². The van der Waals surface area contributed by atoms with E-state index in [-0.39, 0.29) is 19.4 Å². The fourth-order valence-electron chi connectivity index (χ4n) is 4.97. The maximum Gasteiger partial charge on any atom is 0.472 e. The second-order valence-corrected chi connectivity index (χ2v) is 15.3. The number of nitrogens with two attached hydrogens (primary N) is 1. The van der Waals surface area contributed by atoms with Gasteiger partial charge < -0.3 is 30.3 Å². The Balaban J connectivity index is 4.58. The van der Waals surface area contributed by atoms with Crippen molar-refractivity contribution in [2.75, 3.05) is 26.4 Å². The Bertz CT molecular complexity index is 1370. The number of hydrogen-bond acceptors (Lipinski definition) is 10. The standard InChI is InChI=1S/C46H74NO11P/c1-2-3-4-5-6-7-8-9-10-12-15-18-21-24-27-30-33-36-44(49)55-39-42(40-56-59(53,54)57-41-43(47)46(51)52)58-45(50)37-34-31-28-25-22-19-16-13-11-14-17-20-23-26-29-32-35-38-48/h6-7,9-11,14-16,18-20,23-25,27-28,42-43,48H,2-5,8,12-13,17,21-22,26,29-41,47H2,1H3,(H,51,52)(H,53,54)/b7-6-,10-9-,14-11-,18-15-,19-16-,23-20-,27-24-,28-25-/t42-,43+/m1/s1. The number of aliphatic carboxylic acids is 1. The number of carbonyl (C=O) groups excluding carboxylic acids is 2. The summed E-state index contributed by atoms with van der Waals surface area (Å²) in [7, 11) is -4.76. The maximum atomic E-state index is 12.6. The van der Waals surface area contributed by atoms with Crippen LogP contribution in [0.5, 0.6) is 0 Å². The molecule has 59 heavy (non-hydrogen) atoms. The molecule has 13 heteroatoms. The van der Waals surface area contributed by atoms with Crippen molar-refractivity contribution in [3.63, 3.8) is 0 Å². The highest BCUT2D eigenvalue weighted by molar-refractivity contribution is 7.47. The van der Waals surface area contributed by atoms with Crippen LogP contribution in [-0.2, 0) is 37.5 Å². The van der Waals surface area contributed by atoms with Gasteiger partial charge in [0.05, 0.1) is 13.2 Å². The zero-order valence-corrected chi connectivity index (χ0v) is 36.4. The summed E-state index contributed by atoms with van der Waals surface area (Å²) in [5.41, 5.74) is 5.32. The second-order valence-electron chi connectivity index (χ2n) is 13.8. The first-order chi connectivity index (χ1) is 28.6. The van der Waals surface area contributed by atoms with Crippen molar-refractivity contribution < 1.29 is 52.6 Å². The van der Waals surface area contributed by atoms with E-state index in [0.29, 0.717) is 25.7 Å². The summed E-state index contributed by atoms with van der Waals surface area (Å²) in [6.07, 6.45) is 49.3. The average Bonchev–Trinajstić information content (AvgIpc) is 3.21. The minimum absolute atomic E-state index is 0.0579. The molecule has 0 heterocycles. The number of hydrogen-bond donors (Lipinski definition) is 4. The molecule has 0 aliphatic rings. The van der Waals surface area contributed by atoms with Crippen molar-refractivity contribution in [1.82, 2.24) is 0 Å². The van der Waals surface area contributed by atoms with E-state index in [4.69, 9.17) is 29.9 Å². The smallest absolute Gasteiger partial charge is 0.472 e. The minimum atomic E-state index is -4.76. The number of esters is 2. The molecule has 0 aromatic heterocycles. The van der Waals surface area contributed by atoms with Crippen molar-refractivity contribution in [3.8, 4) is 0 Å². The lowest BCUT2D eigenvalue weighted by Gasteiger charge is -2.20. The molecule has 0 bridgehead atoms. The van der Waals surface area contributed by atoms with E-state index in [9.17, 15) is 23.8 Å². The third-order valence-electron chi connectivity index (χ3n) is 8.36. The molecule has 1 unspecified atom stereocenters. The fourth-order valence-corrected chi connectivity index (χ4v) is 5.75. The van der Waals surface area contributed by atoms with E-state index in [1.54, 1.807) is 0 Å². The number of ether oxygens (including phenoxy) is 2. The van der Waals surface area contributed by atoms with Gasteiger partial charge in [0.15, 0.2) is 6.10 Å². The number of carboxylic acid groups (broad SMARTS) is 1. The Labute approximate surface area is 354 Å². The predicted molar refractivity (Wildman–Crippen MR) is 236 cm³/mol. The number of aliphatic hydroxyl groups is 1. The normalized spacial score (nSPS) is 14.6. The summed E-state index contributed by atoms with van der Waals surface area (Å²) in [6.45, 7) is 0.641. The third kappa shape index (κ3) is 40.9. The van der Waals surface area contributed by atoms with Gasteiger partial charge in [-0.25, -0.2) is 4.57 Å². The van der Waals surface area contributed by atoms with Gasteiger partial charge in [0.2, 0.25) is 0 Å². The van der Waals surface area contributed by atoms with Crippen LogP contribution in [0.15, 0.2) is 97.2 Å². The van der Waals surface area contributed by atoms with Gasteiger partial charge in [-0.05, 0) is 96.3 Å². The van der Waals surface area contributed by atoms with Gasteiger partial charge in [0, 0.05) is 19.4 Å². The van der Waals surface area contributed by atoms with Crippen LogP contribution in [-0.4, -0.2) is 71.6 Å². The first-order valence-electron chi connectivity index (χ1n) is 21.4. The zero-order valence-electron chi connectivity index (χ0n) is 35.5. The van der Waals surface area contributed by atoms with Crippen molar-refractivity contribution in [2.45, 2.75) is 147 Å². The van der Waals surface area contributed by atoms with Gasteiger partial charge in [-0.3, -0.25) is 23.4 Å². The number of carboxylic acids is 1. The topological polar surface area (TPSA) is 192 Å². The molecule has 0 spiro atoms. The highest BCUT2D eigenvalue weighted by atomic mass is 31.2. The molecule has 0 aliphatic heterocycles. The molecule has 5 N–H and O–H groups in total. The first kappa shape index (κ1) is 55.4. The molecule has 0 aromatic carbocycles. The highest BCUT2D eigenvalue weighted by Gasteiger charge is 2.28. The third-order valence-corrected chi connectivity index (χ3v) is 9.31. The second kappa shape index (κ2) is 41.1. The average molecular weight is 848 g/mol. The minimum Gasteiger partial charge on any atom is -0.480 e. The number of unbranched alkanes of at least 4 members (excludes halogenated alkanes) is 8. The van der Waals surface area contributed by atoms with Gasteiger partial charge >= 0.3 is 25.7 Å². The van der Waals surface area contributed by atoms with Crippen LogP contribution in [0.2, 0.25) is 0 Å². The lowest BCUT2D eigenvalue weighted by Crippen LogP contribution is -2.34. The monoisotopic (exact) mass is 847 g/mol. The summed E-state index contributed by atoms with van der Waals surface area (Å²) >= 11 is 0. The van der Waals surface area contributed by atoms with Crippen LogP contribution >= 0.6 is 7.82 Å². The first-order valence-corrected chi connectivity index (χ1v) is 22.9. The number of phosphoric ester groups is 1. The predicted octanol–water partition coefficient (Wildman–Crippen LogP) is 10.3. The lowest BCUT2D eigenvalue weighted by molar-refractivity contribution is -0.161. The summed E-state index contributed by atoms with van der Waals surface area (Å²) in [5, 5.41) is 17.7. The summed E-state index contributed by atoms with van der Waals surface area (Å²) < 4.78 is 32.5. The van der Waals surface area contributed by atoms with Crippen LogP contribution in [0.1, 0.15) is 135 Å². The molecule has 0 aliphatic carbocycles. The Hall–Kier alpha value is -3.64. The molecule has 0 aromatic rings. The summed E-state index contributed by atoms with van der Waals surface area (Å²) in [5.74, 6) is -2.56. The van der Waals surface area contributed by atoms with E-state index in [0.717, 1.165) is 70.6 Å². The van der Waals surface area contributed by atoms with E-state index in [2.05, 4.69) is 84.4 Å². The molecule has 3 atom stereocenters. The number of phosphoric acid groups is 1. The van der Waals surface area contributed by atoms with Crippen LogP contribution in [0.3, 0.4) is 0 Å². The molecular weight excluding hydrogens is 773 g/mol. The molecule has 0 radical (unpaired) electrons. The van der Waals surface area contributed by atoms with Gasteiger partial charge in [0.1, 0.15) is 12.6 Å². The molecular formula is C46H74NO11P.